The second-order valence-corrected chi connectivity index (χ2v) is 7.48. The Labute approximate surface area is 148 Å². The van der Waals surface area contributed by atoms with Crippen molar-refractivity contribution in [2.75, 3.05) is 7.11 Å². The summed E-state index contributed by atoms with van der Waals surface area (Å²) in [6.45, 7) is 9.08. The molecule has 0 heterocycles. The third-order valence-electron chi connectivity index (χ3n) is 4.31. The van der Waals surface area contributed by atoms with Crippen molar-refractivity contribution in [3.63, 3.8) is 0 Å². The Balaban J connectivity index is 2.34. The minimum absolute atomic E-state index is 0.208. The Morgan fingerprint density at radius 1 is 1.28 bits per heavy atom. The highest BCUT2D eigenvalue weighted by atomic mass is 16.6. The molecule has 1 saturated carbocycles. The van der Waals surface area contributed by atoms with E-state index in [1.165, 1.54) is 7.11 Å². The number of methoxy groups -OCH3 is 1. The number of hydrogen-bond acceptors (Lipinski definition) is 5. The number of nitrogens with zero attached hydrogens (tertiary/aromatic N) is 1. The van der Waals surface area contributed by atoms with Crippen LogP contribution in [0.15, 0.2) is 12.1 Å². The van der Waals surface area contributed by atoms with Gasteiger partial charge in [0.15, 0.2) is 0 Å². The maximum atomic E-state index is 12.4. The number of carbonyl (C=O) groups excluding carboxylic acids is 2. The van der Waals surface area contributed by atoms with Gasteiger partial charge in [0, 0.05) is 5.92 Å². The van der Waals surface area contributed by atoms with E-state index in [1.54, 1.807) is 32.9 Å². The zero-order chi connectivity index (χ0) is 19.0. The summed E-state index contributed by atoms with van der Waals surface area (Å²) in [7, 11) is 1.30. The molecular weight excluding hydrogens is 320 g/mol. The average molecular weight is 344 g/mol. The van der Waals surface area contributed by atoms with E-state index in [9.17, 15) is 9.59 Å². The molecule has 6 heteroatoms. The number of alkyl carbamates (subject to hydrolysis) is 1. The molecule has 1 N–H and O–H groups in total. The van der Waals surface area contributed by atoms with Gasteiger partial charge in [-0.05, 0) is 69.9 Å². The SMILES string of the molecule is COC(=O)C1(NC(=O)OC(C)(C)C)C[C@@H]1c1c(C)cc(C#N)cc1C. The number of ether oxygens (including phenoxy) is 2. The molecule has 1 aliphatic rings. The van der Waals surface area contributed by atoms with E-state index < -0.39 is 23.2 Å². The van der Waals surface area contributed by atoms with E-state index in [4.69, 9.17) is 14.7 Å². The Morgan fingerprint density at radius 3 is 2.28 bits per heavy atom. The first-order valence-electron chi connectivity index (χ1n) is 8.15. The van der Waals surface area contributed by atoms with Crippen LogP contribution in [-0.2, 0) is 14.3 Å². The van der Waals surface area contributed by atoms with Crippen molar-refractivity contribution in [2.45, 2.75) is 58.1 Å². The minimum atomic E-state index is -1.12. The number of nitriles is 1. The topological polar surface area (TPSA) is 88.4 Å². The fourth-order valence-corrected chi connectivity index (χ4v) is 3.28. The molecule has 1 aromatic rings. The van der Waals surface area contributed by atoms with Crippen molar-refractivity contribution in [2.24, 2.45) is 0 Å². The van der Waals surface area contributed by atoms with Crippen LogP contribution >= 0.6 is 0 Å². The van der Waals surface area contributed by atoms with Gasteiger partial charge in [-0.1, -0.05) is 0 Å². The number of nitrogens with one attached hydrogen (secondary N) is 1. The maximum Gasteiger partial charge on any atom is 0.408 e. The summed E-state index contributed by atoms with van der Waals surface area (Å²) in [5, 5.41) is 11.8. The number of rotatable bonds is 3. The Bertz CT molecular complexity index is 735. The van der Waals surface area contributed by atoms with Gasteiger partial charge in [0.05, 0.1) is 18.7 Å². The van der Waals surface area contributed by atoms with Gasteiger partial charge in [0.1, 0.15) is 11.1 Å². The molecular formula is C19H24N2O4. The zero-order valence-corrected chi connectivity index (χ0v) is 15.5. The summed E-state index contributed by atoms with van der Waals surface area (Å²) in [5.41, 5.74) is 1.58. The Kier molecular flexibility index (Phi) is 4.81. The van der Waals surface area contributed by atoms with Crippen molar-refractivity contribution in [1.82, 2.24) is 5.32 Å². The lowest BCUT2D eigenvalue weighted by atomic mass is 9.94. The third-order valence-corrected chi connectivity index (χ3v) is 4.31. The molecule has 0 spiro atoms. The molecule has 6 nitrogen and oxygen atoms in total. The van der Waals surface area contributed by atoms with Gasteiger partial charge in [0.25, 0.3) is 0 Å². The predicted octanol–water partition coefficient (Wildman–Crippen LogP) is 3.10. The summed E-state index contributed by atoms with van der Waals surface area (Å²) in [4.78, 5) is 24.6. The van der Waals surface area contributed by atoms with Crippen LogP contribution in [0.1, 0.15) is 55.4 Å². The van der Waals surface area contributed by atoms with Gasteiger partial charge >= 0.3 is 12.1 Å². The van der Waals surface area contributed by atoms with Crippen LogP contribution in [0.5, 0.6) is 0 Å². The van der Waals surface area contributed by atoms with Crippen LogP contribution < -0.4 is 5.32 Å². The van der Waals surface area contributed by atoms with Crippen LogP contribution in [-0.4, -0.2) is 30.3 Å². The molecule has 1 unspecified atom stereocenters. The van der Waals surface area contributed by atoms with Gasteiger partial charge in [-0.2, -0.15) is 5.26 Å². The Morgan fingerprint density at radius 2 is 1.84 bits per heavy atom. The second-order valence-electron chi connectivity index (χ2n) is 7.48. The summed E-state index contributed by atoms with van der Waals surface area (Å²) in [5.74, 6) is -0.702. The van der Waals surface area contributed by atoms with Crippen molar-refractivity contribution in [3.05, 3.63) is 34.4 Å². The first-order valence-corrected chi connectivity index (χ1v) is 8.15. The summed E-state index contributed by atoms with van der Waals surface area (Å²) >= 11 is 0. The predicted molar refractivity (Wildman–Crippen MR) is 92.1 cm³/mol. The standard InChI is InChI=1S/C19H24N2O4/c1-11-7-13(10-20)8-12(2)15(11)14-9-19(14,16(22)24-6)21-17(23)25-18(3,4)5/h7-8,14H,9H2,1-6H3,(H,21,23)/t14-,19?/m1/s1. The van der Waals surface area contributed by atoms with Gasteiger partial charge in [-0.15, -0.1) is 0 Å². The Hall–Kier alpha value is -2.55. The van der Waals surface area contributed by atoms with E-state index in [2.05, 4.69) is 11.4 Å². The third kappa shape index (κ3) is 3.76. The van der Waals surface area contributed by atoms with E-state index in [1.807, 2.05) is 13.8 Å². The minimum Gasteiger partial charge on any atom is -0.467 e. The van der Waals surface area contributed by atoms with E-state index in [0.29, 0.717) is 12.0 Å². The molecule has 134 valence electrons. The molecule has 2 rings (SSSR count). The largest absolute Gasteiger partial charge is 0.467 e. The maximum absolute atomic E-state index is 12.4. The summed E-state index contributed by atoms with van der Waals surface area (Å²) in [6, 6.07) is 5.70. The van der Waals surface area contributed by atoms with Crippen LogP contribution in [0.2, 0.25) is 0 Å². The molecule has 1 amide bonds. The van der Waals surface area contributed by atoms with Gasteiger partial charge in [-0.25, -0.2) is 9.59 Å². The lowest BCUT2D eigenvalue weighted by Crippen LogP contribution is -2.47. The molecule has 25 heavy (non-hydrogen) atoms. The van der Waals surface area contributed by atoms with Gasteiger partial charge < -0.3 is 14.8 Å². The monoisotopic (exact) mass is 344 g/mol. The summed E-state index contributed by atoms with van der Waals surface area (Å²) in [6.07, 6.45) is -0.212. The zero-order valence-electron chi connectivity index (χ0n) is 15.5. The van der Waals surface area contributed by atoms with E-state index >= 15 is 0 Å². The van der Waals surface area contributed by atoms with Crippen molar-refractivity contribution < 1.29 is 19.1 Å². The number of carbonyl (C=O) groups is 2. The van der Waals surface area contributed by atoms with Crippen LogP contribution in [0, 0.1) is 25.2 Å². The second kappa shape index (κ2) is 6.40. The molecule has 0 aromatic heterocycles. The van der Waals surface area contributed by atoms with Gasteiger partial charge in [0.2, 0.25) is 0 Å². The fraction of sp³-hybridized carbons (Fsp3) is 0.526. The van der Waals surface area contributed by atoms with E-state index in [0.717, 1.165) is 16.7 Å². The molecule has 1 fully saturated rings. The van der Waals surface area contributed by atoms with Crippen molar-refractivity contribution in [3.8, 4) is 6.07 Å². The molecule has 0 saturated heterocycles. The van der Waals surface area contributed by atoms with Crippen LogP contribution in [0.4, 0.5) is 4.79 Å². The number of benzene rings is 1. The highest BCUT2D eigenvalue weighted by Gasteiger charge is 2.64. The first-order chi connectivity index (χ1) is 11.5. The highest BCUT2D eigenvalue weighted by Crippen LogP contribution is 2.54. The van der Waals surface area contributed by atoms with Crippen LogP contribution in [0.3, 0.4) is 0 Å². The first kappa shape index (κ1) is 18.8. The quantitative estimate of drug-likeness (QED) is 0.851. The molecule has 2 atom stereocenters. The average Bonchev–Trinajstić information content (AvgIpc) is 3.18. The lowest BCUT2D eigenvalue weighted by Gasteiger charge is -2.23. The lowest BCUT2D eigenvalue weighted by molar-refractivity contribution is -0.144. The summed E-state index contributed by atoms with van der Waals surface area (Å²) < 4.78 is 10.2. The molecule has 1 aromatic carbocycles. The fourth-order valence-electron chi connectivity index (χ4n) is 3.28. The smallest absolute Gasteiger partial charge is 0.408 e. The number of aryl methyl sites for hydroxylation is 2. The number of hydrogen-bond donors (Lipinski definition) is 1. The van der Waals surface area contributed by atoms with Crippen molar-refractivity contribution in [1.29, 1.82) is 5.26 Å². The van der Waals surface area contributed by atoms with E-state index in [-0.39, 0.29) is 5.92 Å². The number of esters is 1. The number of amides is 1. The van der Waals surface area contributed by atoms with Crippen LogP contribution in [0.25, 0.3) is 0 Å². The molecule has 0 aliphatic heterocycles. The molecule has 0 radical (unpaired) electrons. The normalized spacial score (nSPS) is 21.9. The van der Waals surface area contributed by atoms with Gasteiger partial charge in [-0.3, -0.25) is 0 Å². The highest BCUT2D eigenvalue weighted by molar-refractivity contribution is 5.91. The van der Waals surface area contributed by atoms with Crippen molar-refractivity contribution >= 4 is 12.1 Å². The molecule has 1 aliphatic carbocycles. The molecule has 0 bridgehead atoms.